The fourth-order valence-corrected chi connectivity index (χ4v) is 3.61. The Morgan fingerprint density at radius 1 is 0.964 bits per heavy atom. The van der Waals surface area contributed by atoms with Gasteiger partial charge in [-0.3, -0.25) is 20.4 Å². The molecule has 0 atom stereocenters. The molecule has 2 rings (SSSR count). The number of hydrogen-bond donors (Lipinski definition) is 2. The second-order valence-corrected chi connectivity index (χ2v) is 8.50. The van der Waals surface area contributed by atoms with E-state index in [-0.39, 0.29) is 16.2 Å². The summed E-state index contributed by atoms with van der Waals surface area (Å²) in [6.07, 6.45) is 0. The summed E-state index contributed by atoms with van der Waals surface area (Å²) in [4.78, 5) is 24.5. The third kappa shape index (κ3) is 4.49. The van der Waals surface area contributed by atoms with E-state index < -0.39 is 21.8 Å². The number of benzene rings is 2. The molecule has 2 aromatic rings. The number of nitrogens with zero attached hydrogens (tertiary/aromatic N) is 1. The first-order chi connectivity index (χ1) is 13.1. The molecular weight excluding hydrogens is 382 g/mol. The maximum Gasteiger partial charge on any atom is 0.269 e. The van der Waals surface area contributed by atoms with Crippen LogP contribution in [0.4, 0.5) is 0 Å². The highest BCUT2D eigenvalue weighted by Gasteiger charge is 2.24. The van der Waals surface area contributed by atoms with Crippen LogP contribution in [0.5, 0.6) is 5.75 Å². The fourth-order valence-electron chi connectivity index (χ4n) is 2.54. The van der Waals surface area contributed by atoms with Gasteiger partial charge in [0.2, 0.25) is 10.0 Å². The highest BCUT2D eigenvalue weighted by molar-refractivity contribution is 7.89. The minimum atomic E-state index is -3.82. The summed E-state index contributed by atoms with van der Waals surface area (Å²) in [6, 6.07) is 9.32. The number of carbonyl (C=O) groups is 2. The molecule has 0 saturated carbocycles. The first-order valence-electron chi connectivity index (χ1n) is 8.36. The van der Waals surface area contributed by atoms with Gasteiger partial charge in [-0.05, 0) is 43.7 Å². The average Bonchev–Trinajstić information content (AvgIpc) is 2.65. The second kappa shape index (κ2) is 8.41. The number of carbonyl (C=O) groups excluding carboxylic acids is 2. The molecule has 9 heteroatoms. The summed E-state index contributed by atoms with van der Waals surface area (Å²) >= 11 is 0. The summed E-state index contributed by atoms with van der Waals surface area (Å²) in [5.74, 6) is -1.01. The van der Waals surface area contributed by atoms with Gasteiger partial charge in [0.05, 0.1) is 7.11 Å². The van der Waals surface area contributed by atoms with Crippen molar-refractivity contribution >= 4 is 21.8 Å². The third-order valence-electron chi connectivity index (χ3n) is 4.10. The molecular formula is C19H23N3O5S. The average molecular weight is 405 g/mol. The van der Waals surface area contributed by atoms with E-state index in [1.54, 1.807) is 19.1 Å². The van der Waals surface area contributed by atoms with Crippen LogP contribution in [-0.2, 0) is 10.0 Å². The van der Waals surface area contributed by atoms with Crippen LogP contribution < -0.4 is 15.6 Å². The van der Waals surface area contributed by atoms with E-state index in [0.29, 0.717) is 5.56 Å². The van der Waals surface area contributed by atoms with Crippen LogP contribution in [0.25, 0.3) is 0 Å². The first-order valence-corrected chi connectivity index (χ1v) is 9.80. The zero-order valence-corrected chi connectivity index (χ0v) is 17.2. The molecule has 0 aromatic heterocycles. The SMILES string of the molecule is COc1ccc(C(=O)NNC(=O)c2ccc(C)cc2C)cc1S(=O)(=O)N(C)C. The van der Waals surface area contributed by atoms with Gasteiger partial charge in [0.25, 0.3) is 11.8 Å². The van der Waals surface area contributed by atoms with E-state index in [1.807, 2.05) is 13.0 Å². The Balaban J connectivity index is 2.22. The molecule has 2 N–H and O–H groups in total. The van der Waals surface area contributed by atoms with Gasteiger partial charge in [0.15, 0.2) is 0 Å². The Morgan fingerprint density at radius 3 is 2.18 bits per heavy atom. The van der Waals surface area contributed by atoms with Gasteiger partial charge in [-0.15, -0.1) is 0 Å². The lowest BCUT2D eigenvalue weighted by molar-refractivity contribution is 0.0846. The van der Waals surface area contributed by atoms with Gasteiger partial charge in [-0.25, -0.2) is 12.7 Å². The summed E-state index contributed by atoms with van der Waals surface area (Å²) in [7, 11) is 0.284. The molecule has 2 aromatic carbocycles. The van der Waals surface area contributed by atoms with E-state index in [0.717, 1.165) is 15.4 Å². The first kappa shape index (κ1) is 21.4. The minimum absolute atomic E-state index is 0.0575. The Morgan fingerprint density at radius 2 is 1.61 bits per heavy atom. The molecule has 150 valence electrons. The largest absolute Gasteiger partial charge is 0.495 e. The number of rotatable bonds is 5. The molecule has 0 spiro atoms. The Bertz CT molecular complexity index is 1020. The van der Waals surface area contributed by atoms with Gasteiger partial charge in [0.1, 0.15) is 10.6 Å². The van der Waals surface area contributed by atoms with Crippen LogP contribution in [0, 0.1) is 13.8 Å². The number of aryl methyl sites for hydroxylation is 2. The fraction of sp³-hybridized carbons (Fsp3) is 0.263. The van der Waals surface area contributed by atoms with Crippen LogP contribution in [0.1, 0.15) is 31.8 Å². The van der Waals surface area contributed by atoms with E-state index >= 15 is 0 Å². The third-order valence-corrected chi connectivity index (χ3v) is 5.94. The van der Waals surface area contributed by atoms with Crippen molar-refractivity contribution in [1.82, 2.24) is 15.2 Å². The number of amides is 2. The summed E-state index contributed by atoms with van der Waals surface area (Å²) in [5.41, 5.74) is 6.91. The quantitative estimate of drug-likeness (QED) is 0.736. The molecule has 8 nitrogen and oxygen atoms in total. The van der Waals surface area contributed by atoms with Crippen LogP contribution in [0.15, 0.2) is 41.3 Å². The summed E-state index contributed by atoms with van der Waals surface area (Å²) in [5, 5.41) is 0. The molecule has 0 unspecified atom stereocenters. The molecule has 0 saturated heterocycles. The van der Waals surface area contributed by atoms with Crippen molar-refractivity contribution in [2.45, 2.75) is 18.7 Å². The van der Waals surface area contributed by atoms with Crippen molar-refractivity contribution in [3.63, 3.8) is 0 Å². The zero-order chi connectivity index (χ0) is 21.1. The lowest BCUT2D eigenvalue weighted by atomic mass is 10.1. The van der Waals surface area contributed by atoms with Crippen molar-refractivity contribution in [2.24, 2.45) is 0 Å². The van der Waals surface area contributed by atoms with Crippen molar-refractivity contribution < 1.29 is 22.7 Å². The van der Waals surface area contributed by atoms with E-state index in [2.05, 4.69) is 10.9 Å². The monoisotopic (exact) mass is 405 g/mol. The smallest absolute Gasteiger partial charge is 0.269 e. The van der Waals surface area contributed by atoms with E-state index in [1.165, 1.54) is 39.4 Å². The molecule has 0 aliphatic rings. The lowest BCUT2D eigenvalue weighted by Gasteiger charge is -2.15. The number of methoxy groups -OCH3 is 1. The molecule has 0 fully saturated rings. The molecule has 0 bridgehead atoms. The predicted molar refractivity (Wildman–Crippen MR) is 105 cm³/mol. The Labute approximate surface area is 164 Å². The van der Waals surface area contributed by atoms with Crippen LogP contribution in [0.2, 0.25) is 0 Å². The van der Waals surface area contributed by atoms with Crippen LogP contribution in [0.3, 0.4) is 0 Å². The summed E-state index contributed by atoms with van der Waals surface area (Å²) in [6.45, 7) is 3.71. The number of hydrogen-bond acceptors (Lipinski definition) is 5. The van der Waals surface area contributed by atoms with Crippen LogP contribution in [-0.4, -0.2) is 45.7 Å². The van der Waals surface area contributed by atoms with E-state index in [4.69, 9.17) is 4.74 Å². The zero-order valence-electron chi connectivity index (χ0n) is 16.4. The van der Waals surface area contributed by atoms with Gasteiger partial charge in [0, 0.05) is 25.2 Å². The topological polar surface area (TPSA) is 105 Å². The molecule has 28 heavy (non-hydrogen) atoms. The molecule has 0 aliphatic carbocycles. The van der Waals surface area contributed by atoms with Crippen molar-refractivity contribution in [3.05, 3.63) is 58.7 Å². The Hall–Kier alpha value is -2.91. The number of nitrogens with one attached hydrogen (secondary N) is 2. The van der Waals surface area contributed by atoms with Crippen molar-refractivity contribution in [3.8, 4) is 5.75 Å². The lowest BCUT2D eigenvalue weighted by Crippen LogP contribution is -2.42. The predicted octanol–water partition coefficient (Wildman–Crippen LogP) is 1.64. The van der Waals surface area contributed by atoms with Gasteiger partial charge in [-0.2, -0.15) is 0 Å². The number of ether oxygens (including phenoxy) is 1. The highest BCUT2D eigenvalue weighted by atomic mass is 32.2. The Kier molecular flexibility index (Phi) is 6.42. The summed E-state index contributed by atoms with van der Waals surface area (Å²) < 4.78 is 31.0. The molecule has 2 amide bonds. The highest BCUT2D eigenvalue weighted by Crippen LogP contribution is 2.26. The van der Waals surface area contributed by atoms with Gasteiger partial charge in [-0.1, -0.05) is 17.7 Å². The van der Waals surface area contributed by atoms with Crippen LogP contribution >= 0.6 is 0 Å². The van der Waals surface area contributed by atoms with Crippen molar-refractivity contribution in [2.75, 3.05) is 21.2 Å². The number of sulfonamides is 1. The standard InChI is InChI=1S/C19H23N3O5S/c1-12-6-8-15(13(2)10-12)19(24)21-20-18(23)14-7-9-16(27-5)17(11-14)28(25,26)22(3)4/h6-11H,1-5H3,(H,20,23)(H,21,24). The van der Waals surface area contributed by atoms with Gasteiger partial charge >= 0.3 is 0 Å². The normalized spacial score (nSPS) is 11.2. The van der Waals surface area contributed by atoms with E-state index in [9.17, 15) is 18.0 Å². The molecule has 0 radical (unpaired) electrons. The number of hydrazine groups is 1. The second-order valence-electron chi connectivity index (χ2n) is 6.38. The molecule has 0 heterocycles. The van der Waals surface area contributed by atoms with Gasteiger partial charge < -0.3 is 4.74 Å². The minimum Gasteiger partial charge on any atom is -0.495 e. The van der Waals surface area contributed by atoms with Crippen molar-refractivity contribution in [1.29, 1.82) is 0 Å². The maximum absolute atomic E-state index is 12.4. The molecule has 0 aliphatic heterocycles. The maximum atomic E-state index is 12.4.